The van der Waals surface area contributed by atoms with Crippen LogP contribution in [0.3, 0.4) is 0 Å². The Morgan fingerprint density at radius 2 is 2.00 bits per heavy atom. The zero-order valence-corrected chi connectivity index (χ0v) is 12.1. The number of thiazole rings is 1. The Morgan fingerprint density at radius 1 is 1.16 bits per heavy atom. The maximum absolute atomic E-state index is 4.64. The van der Waals surface area contributed by atoms with Gasteiger partial charge in [0.25, 0.3) is 0 Å². The molecule has 0 saturated heterocycles. The lowest BCUT2D eigenvalue weighted by atomic mass is 10.2. The van der Waals surface area contributed by atoms with Crippen LogP contribution in [-0.4, -0.2) is 19.9 Å². The number of pyridine rings is 1. The lowest BCUT2D eigenvalue weighted by Gasteiger charge is -1.95. The van der Waals surface area contributed by atoms with E-state index in [0.29, 0.717) is 0 Å². The topological polar surface area (TPSA) is 54.5 Å². The van der Waals surface area contributed by atoms with E-state index in [1.165, 1.54) is 0 Å². The molecule has 98 valence electrons. The van der Waals surface area contributed by atoms with Crippen molar-refractivity contribution in [3.05, 3.63) is 40.0 Å². The summed E-state index contributed by atoms with van der Waals surface area (Å²) in [4.78, 5) is 17.8. The van der Waals surface area contributed by atoms with Gasteiger partial charge in [0.05, 0.1) is 10.7 Å². The van der Waals surface area contributed by atoms with Crippen molar-refractivity contribution < 1.29 is 0 Å². The molecule has 0 radical (unpaired) electrons. The van der Waals surface area contributed by atoms with Crippen molar-refractivity contribution in [2.45, 2.75) is 33.6 Å². The molecule has 3 heterocycles. The van der Waals surface area contributed by atoms with Crippen LogP contribution in [0.5, 0.6) is 0 Å². The summed E-state index contributed by atoms with van der Waals surface area (Å²) in [6, 6.07) is 2.09. The van der Waals surface area contributed by atoms with E-state index in [4.69, 9.17) is 0 Å². The van der Waals surface area contributed by atoms with Crippen molar-refractivity contribution in [3.8, 4) is 0 Å². The van der Waals surface area contributed by atoms with Crippen LogP contribution in [0.1, 0.15) is 27.8 Å². The summed E-state index contributed by atoms with van der Waals surface area (Å²) in [5, 5.41) is 1.13. The van der Waals surface area contributed by atoms with E-state index in [1.54, 1.807) is 11.3 Å². The molecule has 0 aromatic carbocycles. The van der Waals surface area contributed by atoms with E-state index < -0.39 is 0 Å². The molecular weight excluding hydrogens is 256 g/mol. The molecule has 5 heteroatoms. The first-order valence-electron chi connectivity index (χ1n) is 6.36. The van der Waals surface area contributed by atoms with E-state index in [2.05, 4.69) is 32.9 Å². The number of imidazole rings is 1. The molecule has 0 amide bonds. The Kier molecular flexibility index (Phi) is 3.06. The first-order valence-corrected chi connectivity index (χ1v) is 7.17. The third kappa shape index (κ3) is 2.51. The van der Waals surface area contributed by atoms with Gasteiger partial charge < -0.3 is 4.98 Å². The third-order valence-corrected chi connectivity index (χ3v) is 4.15. The Balaban J connectivity index is 1.80. The summed E-state index contributed by atoms with van der Waals surface area (Å²) >= 11 is 1.68. The Hall–Kier alpha value is -1.75. The molecular formula is C14H16N4S. The highest BCUT2D eigenvalue weighted by Crippen LogP contribution is 2.22. The van der Waals surface area contributed by atoms with Crippen molar-refractivity contribution in [2.24, 2.45) is 0 Å². The second-order valence-electron chi connectivity index (χ2n) is 4.84. The average molecular weight is 272 g/mol. The Morgan fingerprint density at radius 3 is 2.74 bits per heavy atom. The van der Waals surface area contributed by atoms with Crippen LogP contribution in [0.15, 0.2) is 12.3 Å². The molecule has 0 bridgehead atoms. The fourth-order valence-electron chi connectivity index (χ4n) is 2.20. The van der Waals surface area contributed by atoms with Crippen molar-refractivity contribution in [3.63, 3.8) is 0 Å². The highest BCUT2D eigenvalue weighted by Gasteiger charge is 2.08. The van der Waals surface area contributed by atoms with E-state index in [-0.39, 0.29) is 0 Å². The van der Waals surface area contributed by atoms with Gasteiger partial charge in [0.15, 0.2) is 0 Å². The van der Waals surface area contributed by atoms with Crippen LogP contribution in [-0.2, 0) is 12.8 Å². The van der Waals surface area contributed by atoms with Gasteiger partial charge in [0.1, 0.15) is 16.2 Å². The standard InChI is InChI=1S/C14H16N4S/c1-8-6-12-14(15-7-8)19-13(18-12)5-4-11-9(2)16-10(3)17-11/h6-7H,4-5H2,1-3H3,(H,16,17). The molecule has 0 aliphatic heterocycles. The van der Waals surface area contributed by atoms with E-state index in [0.717, 1.165) is 51.0 Å². The minimum absolute atomic E-state index is 0.922. The largest absolute Gasteiger partial charge is 0.346 e. The monoisotopic (exact) mass is 272 g/mol. The number of fused-ring (bicyclic) bond motifs is 1. The number of nitrogens with zero attached hydrogens (tertiary/aromatic N) is 3. The van der Waals surface area contributed by atoms with Gasteiger partial charge in [-0.15, -0.1) is 0 Å². The third-order valence-electron chi connectivity index (χ3n) is 3.11. The zero-order valence-electron chi connectivity index (χ0n) is 11.3. The van der Waals surface area contributed by atoms with E-state index >= 15 is 0 Å². The summed E-state index contributed by atoms with van der Waals surface area (Å²) in [6.45, 7) is 6.10. The summed E-state index contributed by atoms with van der Waals surface area (Å²) in [7, 11) is 0. The molecule has 0 saturated carbocycles. The van der Waals surface area contributed by atoms with Gasteiger partial charge in [-0.3, -0.25) is 0 Å². The predicted molar refractivity (Wildman–Crippen MR) is 77.6 cm³/mol. The molecule has 3 rings (SSSR count). The fourth-order valence-corrected chi connectivity index (χ4v) is 3.09. The van der Waals surface area contributed by atoms with Crippen molar-refractivity contribution in [2.75, 3.05) is 0 Å². The second kappa shape index (κ2) is 4.74. The summed E-state index contributed by atoms with van der Waals surface area (Å²) < 4.78 is 0. The molecule has 4 nitrogen and oxygen atoms in total. The maximum Gasteiger partial charge on any atom is 0.143 e. The molecule has 0 fully saturated rings. The second-order valence-corrected chi connectivity index (χ2v) is 5.90. The molecule has 0 aliphatic carbocycles. The molecule has 1 N–H and O–H groups in total. The van der Waals surface area contributed by atoms with Crippen LogP contribution in [0.4, 0.5) is 0 Å². The van der Waals surface area contributed by atoms with Gasteiger partial charge in [-0.25, -0.2) is 15.0 Å². The first-order chi connectivity index (χ1) is 9.11. The van der Waals surface area contributed by atoms with Crippen LogP contribution >= 0.6 is 11.3 Å². The van der Waals surface area contributed by atoms with Crippen LogP contribution in [0.25, 0.3) is 10.3 Å². The van der Waals surface area contributed by atoms with Crippen LogP contribution < -0.4 is 0 Å². The first kappa shape index (κ1) is 12.3. The summed E-state index contributed by atoms with van der Waals surface area (Å²) in [5.41, 5.74) is 4.46. The molecule has 3 aromatic rings. The maximum atomic E-state index is 4.64. The number of rotatable bonds is 3. The number of aryl methyl sites for hydroxylation is 5. The average Bonchev–Trinajstić information content (AvgIpc) is 2.89. The van der Waals surface area contributed by atoms with Crippen molar-refractivity contribution in [1.82, 2.24) is 19.9 Å². The smallest absolute Gasteiger partial charge is 0.143 e. The summed E-state index contributed by atoms with van der Waals surface area (Å²) in [5.74, 6) is 0.981. The van der Waals surface area contributed by atoms with Gasteiger partial charge in [0, 0.05) is 18.3 Å². The van der Waals surface area contributed by atoms with Gasteiger partial charge in [-0.2, -0.15) is 0 Å². The van der Waals surface area contributed by atoms with Crippen molar-refractivity contribution >= 4 is 21.7 Å². The van der Waals surface area contributed by atoms with Gasteiger partial charge >= 0.3 is 0 Å². The fraction of sp³-hybridized carbons (Fsp3) is 0.357. The molecule has 0 spiro atoms. The predicted octanol–water partition coefficient (Wildman–Crippen LogP) is 3.12. The number of nitrogens with one attached hydrogen (secondary N) is 1. The quantitative estimate of drug-likeness (QED) is 0.797. The summed E-state index contributed by atoms with van der Waals surface area (Å²) in [6.07, 6.45) is 3.74. The number of H-pyrrole nitrogens is 1. The lowest BCUT2D eigenvalue weighted by molar-refractivity contribution is 0.903. The van der Waals surface area contributed by atoms with Crippen molar-refractivity contribution in [1.29, 1.82) is 0 Å². The highest BCUT2D eigenvalue weighted by molar-refractivity contribution is 7.18. The van der Waals surface area contributed by atoms with Gasteiger partial charge in [-0.05, 0) is 38.8 Å². The lowest BCUT2D eigenvalue weighted by Crippen LogP contribution is -1.93. The normalized spacial score (nSPS) is 11.3. The Labute approximate surface area is 116 Å². The minimum atomic E-state index is 0.922. The SMILES string of the molecule is Cc1cnc2sc(CCc3nc(C)[nH]c3C)nc2c1. The highest BCUT2D eigenvalue weighted by atomic mass is 32.1. The number of hydrogen-bond donors (Lipinski definition) is 1. The minimum Gasteiger partial charge on any atom is -0.346 e. The molecule has 0 atom stereocenters. The number of aromatic nitrogens is 4. The van der Waals surface area contributed by atoms with E-state index in [9.17, 15) is 0 Å². The molecule has 0 aliphatic rings. The number of aromatic amines is 1. The number of hydrogen-bond acceptors (Lipinski definition) is 4. The van der Waals surface area contributed by atoms with Crippen LogP contribution in [0.2, 0.25) is 0 Å². The van der Waals surface area contributed by atoms with Gasteiger partial charge in [0.2, 0.25) is 0 Å². The molecule has 0 unspecified atom stereocenters. The van der Waals surface area contributed by atoms with Crippen LogP contribution in [0, 0.1) is 20.8 Å². The Bertz CT molecular complexity index is 726. The zero-order chi connectivity index (χ0) is 13.4. The van der Waals surface area contributed by atoms with Gasteiger partial charge in [-0.1, -0.05) is 11.3 Å². The molecule has 3 aromatic heterocycles. The molecule has 19 heavy (non-hydrogen) atoms. The van der Waals surface area contributed by atoms with E-state index in [1.807, 2.05) is 20.0 Å².